The van der Waals surface area contributed by atoms with Gasteiger partial charge in [0.2, 0.25) is 5.91 Å². The lowest BCUT2D eigenvalue weighted by Crippen LogP contribution is -2.28. The fourth-order valence-electron chi connectivity index (χ4n) is 2.79. The van der Waals surface area contributed by atoms with Gasteiger partial charge >= 0.3 is 0 Å². The van der Waals surface area contributed by atoms with Crippen molar-refractivity contribution in [1.82, 2.24) is 10.3 Å². The predicted molar refractivity (Wildman–Crippen MR) is 72.1 cm³/mol. The molecule has 0 radical (unpaired) electrons. The molecule has 2 N–H and O–H groups in total. The summed E-state index contributed by atoms with van der Waals surface area (Å²) in [6.07, 6.45) is 6.50. The molecule has 3 rings (SSSR count). The third kappa shape index (κ3) is 2.13. The van der Waals surface area contributed by atoms with Crippen LogP contribution in [-0.4, -0.2) is 10.9 Å². The summed E-state index contributed by atoms with van der Waals surface area (Å²) in [5.74, 6) is 0.466. The second kappa shape index (κ2) is 4.84. The number of nitrogens with one attached hydrogen (secondary N) is 2. The maximum Gasteiger partial charge on any atom is 0.223 e. The minimum absolute atomic E-state index is 0.220. The molecule has 0 saturated heterocycles. The van der Waals surface area contributed by atoms with Crippen LogP contribution in [0.25, 0.3) is 10.9 Å². The van der Waals surface area contributed by atoms with Gasteiger partial charge in [-0.15, -0.1) is 0 Å². The summed E-state index contributed by atoms with van der Waals surface area (Å²) in [5.41, 5.74) is 2.29. The van der Waals surface area contributed by atoms with E-state index >= 15 is 0 Å². The Bertz CT molecular complexity index is 552. The third-order valence-electron chi connectivity index (χ3n) is 3.85. The quantitative estimate of drug-likeness (QED) is 0.854. The van der Waals surface area contributed by atoms with Crippen molar-refractivity contribution >= 4 is 16.8 Å². The molecule has 3 heteroatoms. The number of carbonyl (C=O) groups is 1. The number of hydrogen-bond donors (Lipinski definition) is 2. The van der Waals surface area contributed by atoms with Crippen LogP contribution in [0.15, 0.2) is 30.5 Å². The van der Waals surface area contributed by atoms with E-state index in [1.807, 2.05) is 18.3 Å². The van der Waals surface area contributed by atoms with E-state index in [9.17, 15) is 4.79 Å². The van der Waals surface area contributed by atoms with Crippen LogP contribution in [0.3, 0.4) is 0 Å². The maximum atomic E-state index is 12.0. The number of hydrogen-bond acceptors (Lipinski definition) is 1. The summed E-state index contributed by atoms with van der Waals surface area (Å²) in [4.78, 5) is 15.2. The number of benzene rings is 1. The standard InChI is InChI=1S/C15H18N2O/c18-15(11-5-1-2-6-11)17-10-12-9-16-14-8-4-3-7-13(12)14/h3-4,7-9,11,16H,1-2,5-6,10H2,(H,17,18). The zero-order chi connectivity index (χ0) is 12.4. The van der Waals surface area contributed by atoms with Gasteiger partial charge in [0.15, 0.2) is 0 Å². The Kier molecular flexibility index (Phi) is 3.05. The van der Waals surface area contributed by atoms with Crippen molar-refractivity contribution in [2.45, 2.75) is 32.2 Å². The average Bonchev–Trinajstić information content (AvgIpc) is 3.06. The molecule has 0 bridgehead atoms. The second-order valence-electron chi connectivity index (χ2n) is 5.06. The molecule has 2 aromatic rings. The Morgan fingerprint density at radius 3 is 2.89 bits per heavy atom. The van der Waals surface area contributed by atoms with Gasteiger partial charge in [-0.25, -0.2) is 0 Å². The lowest BCUT2D eigenvalue weighted by atomic mass is 10.1. The first-order valence-electron chi connectivity index (χ1n) is 6.67. The van der Waals surface area contributed by atoms with Crippen molar-refractivity contribution in [3.05, 3.63) is 36.0 Å². The van der Waals surface area contributed by atoms with Gasteiger partial charge < -0.3 is 10.3 Å². The monoisotopic (exact) mass is 242 g/mol. The van der Waals surface area contributed by atoms with E-state index in [1.165, 1.54) is 18.2 Å². The van der Waals surface area contributed by atoms with E-state index in [4.69, 9.17) is 0 Å². The number of rotatable bonds is 3. The van der Waals surface area contributed by atoms with Crippen LogP contribution >= 0.6 is 0 Å². The van der Waals surface area contributed by atoms with Crippen LogP contribution in [0.5, 0.6) is 0 Å². The molecule has 94 valence electrons. The maximum absolute atomic E-state index is 12.0. The van der Waals surface area contributed by atoms with Crippen molar-refractivity contribution in [3.63, 3.8) is 0 Å². The van der Waals surface area contributed by atoms with Gasteiger partial charge in [0.25, 0.3) is 0 Å². The van der Waals surface area contributed by atoms with E-state index < -0.39 is 0 Å². The molecule has 1 aliphatic rings. The molecular formula is C15H18N2O. The van der Waals surface area contributed by atoms with Crippen LogP contribution in [-0.2, 0) is 11.3 Å². The number of carbonyl (C=O) groups excluding carboxylic acids is 1. The molecule has 0 atom stereocenters. The summed E-state index contributed by atoms with van der Waals surface area (Å²) < 4.78 is 0. The van der Waals surface area contributed by atoms with Gasteiger partial charge in [-0.3, -0.25) is 4.79 Å². The zero-order valence-corrected chi connectivity index (χ0v) is 10.4. The fraction of sp³-hybridized carbons (Fsp3) is 0.400. The Labute approximate surface area is 107 Å². The fourth-order valence-corrected chi connectivity index (χ4v) is 2.79. The molecule has 1 saturated carbocycles. The Morgan fingerprint density at radius 1 is 1.28 bits per heavy atom. The largest absolute Gasteiger partial charge is 0.361 e. The summed E-state index contributed by atoms with van der Waals surface area (Å²) >= 11 is 0. The van der Waals surface area contributed by atoms with Crippen LogP contribution in [0.4, 0.5) is 0 Å². The summed E-state index contributed by atoms with van der Waals surface area (Å²) in [6.45, 7) is 0.624. The van der Waals surface area contributed by atoms with Gasteiger partial charge in [-0.05, 0) is 24.5 Å². The summed E-state index contributed by atoms with van der Waals surface area (Å²) in [5, 5.41) is 4.26. The van der Waals surface area contributed by atoms with Gasteiger partial charge in [0, 0.05) is 29.6 Å². The Morgan fingerprint density at radius 2 is 2.06 bits per heavy atom. The van der Waals surface area contributed by atoms with Gasteiger partial charge in [-0.1, -0.05) is 31.0 Å². The van der Waals surface area contributed by atoms with Crippen molar-refractivity contribution in [2.75, 3.05) is 0 Å². The van der Waals surface area contributed by atoms with E-state index in [-0.39, 0.29) is 11.8 Å². The van der Waals surface area contributed by atoms with E-state index in [1.54, 1.807) is 0 Å². The first kappa shape index (κ1) is 11.3. The number of aromatic amines is 1. The molecule has 0 aliphatic heterocycles. The molecule has 18 heavy (non-hydrogen) atoms. The molecule has 1 aliphatic carbocycles. The first-order chi connectivity index (χ1) is 8.84. The molecule has 1 amide bonds. The normalized spacial score (nSPS) is 16.2. The third-order valence-corrected chi connectivity index (χ3v) is 3.85. The highest BCUT2D eigenvalue weighted by Crippen LogP contribution is 2.25. The first-order valence-corrected chi connectivity index (χ1v) is 6.67. The molecule has 1 fully saturated rings. The molecule has 0 spiro atoms. The number of para-hydroxylation sites is 1. The van der Waals surface area contributed by atoms with Crippen LogP contribution < -0.4 is 5.32 Å². The second-order valence-corrected chi connectivity index (χ2v) is 5.06. The van der Waals surface area contributed by atoms with Crippen molar-refractivity contribution in [2.24, 2.45) is 5.92 Å². The lowest BCUT2D eigenvalue weighted by molar-refractivity contribution is -0.124. The van der Waals surface area contributed by atoms with E-state index in [0.717, 1.165) is 23.9 Å². The van der Waals surface area contributed by atoms with Crippen molar-refractivity contribution in [3.8, 4) is 0 Å². The molecule has 1 aromatic heterocycles. The van der Waals surface area contributed by atoms with E-state index in [0.29, 0.717) is 6.54 Å². The average molecular weight is 242 g/mol. The van der Waals surface area contributed by atoms with Gasteiger partial charge in [0.1, 0.15) is 0 Å². The summed E-state index contributed by atoms with van der Waals surface area (Å²) in [7, 11) is 0. The number of amides is 1. The topological polar surface area (TPSA) is 44.9 Å². The predicted octanol–water partition coefficient (Wildman–Crippen LogP) is 2.97. The van der Waals surface area contributed by atoms with Gasteiger partial charge in [0.05, 0.1) is 0 Å². The highest BCUT2D eigenvalue weighted by molar-refractivity contribution is 5.84. The number of aromatic nitrogens is 1. The number of H-pyrrole nitrogens is 1. The Hall–Kier alpha value is -1.77. The Balaban J connectivity index is 1.67. The van der Waals surface area contributed by atoms with Crippen molar-refractivity contribution in [1.29, 1.82) is 0 Å². The molecule has 1 aromatic carbocycles. The van der Waals surface area contributed by atoms with Crippen molar-refractivity contribution < 1.29 is 4.79 Å². The zero-order valence-electron chi connectivity index (χ0n) is 10.4. The molecule has 0 unspecified atom stereocenters. The SMILES string of the molecule is O=C(NCc1c[nH]c2ccccc12)C1CCCC1. The highest BCUT2D eigenvalue weighted by atomic mass is 16.1. The molecule has 3 nitrogen and oxygen atoms in total. The van der Waals surface area contributed by atoms with Gasteiger partial charge in [-0.2, -0.15) is 0 Å². The minimum Gasteiger partial charge on any atom is -0.361 e. The van der Waals surface area contributed by atoms with Crippen LogP contribution in [0.2, 0.25) is 0 Å². The molecular weight excluding hydrogens is 224 g/mol. The highest BCUT2D eigenvalue weighted by Gasteiger charge is 2.22. The summed E-state index contributed by atoms with van der Waals surface area (Å²) in [6, 6.07) is 8.18. The van der Waals surface area contributed by atoms with Crippen LogP contribution in [0.1, 0.15) is 31.2 Å². The number of fused-ring (bicyclic) bond motifs is 1. The molecule has 1 heterocycles. The smallest absolute Gasteiger partial charge is 0.223 e. The lowest BCUT2D eigenvalue weighted by Gasteiger charge is -2.09. The van der Waals surface area contributed by atoms with Crippen LogP contribution in [0, 0.1) is 5.92 Å². The van der Waals surface area contributed by atoms with E-state index in [2.05, 4.69) is 22.4 Å². The minimum atomic E-state index is 0.220.